The smallest absolute Gasteiger partial charge is 0.339 e. The number of amides is 1. The average Bonchev–Trinajstić information content (AvgIpc) is 2.44. The predicted molar refractivity (Wildman–Crippen MR) is 89.2 cm³/mol. The van der Waals surface area contributed by atoms with Crippen molar-refractivity contribution in [3.63, 3.8) is 0 Å². The van der Waals surface area contributed by atoms with Crippen LogP contribution in [0.15, 0.2) is 41.3 Å². The molecule has 0 aromatic heterocycles. The van der Waals surface area contributed by atoms with Gasteiger partial charge in [0.25, 0.3) is 0 Å². The second-order valence-electron chi connectivity index (χ2n) is 4.88. The first-order valence-electron chi connectivity index (χ1n) is 6.57. The summed E-state index contributed by atoms with van der Waals surface area (Å²) in [6, 6.07) is 8.64. The average molecular weight is 355 g/mol. The Morgan fingerprint density at radius 2 is 1.91 bits per heavy atom. The predicted octanol–water partition coefficient (Wildman–Crippen LogP) is 2.96. The Hall–Kier alpha value is -2.25. The molecule has 0 heterocycles. The van der Waals surface area contributed by atoms with Gasteiger partial charge in [0.15, 0.2) is 0 Å². The van der Waals surface area contributed by atoms with Gasteiger partial charge in [-0.05, 0) is 36.8 Å². The molecule has 0 saturated carbocycles. The van der Waals surface area contributed by atoms with Crippen LogP contribution >= 0.6 is 11.6 Å². The van der Waals surface area contributed by atoms with E-state index in [1.165, 1.54) is 31.2 Å². The summed E-state index contributed by atoms with van der Waals surface area (Å²) >= 11 is 5.85. The Bertz CT molecular complexity index is 866. The standard InChI is InChI=1S/C15H15ClN2O4S/c1-9-3-4-11(16)7-15(9)22-23(20,21)12-5-6-14(13(17)8-12)18-10(2)19/h3-8H,17H2,1-2H3,(H,18,19). The van der Waals surface area contributed by atoms with Crippen molar-refractivity contribution < 1.29 is 17.4 Å². The van der Waals surface area contributed by atoms with Gasteiger partial charge < -0.3 is 15.2 Å². The minimum atomic E-state index is -4.07. The van der Waals surface area contributed by atoms with Crippen LogP contribution in [-0.4, -0.2) is 14.3 Å². The first-order valence-corrected chi connectivity index (χ1v) is 8.35. The molecule has 0 fully saturated rings. The summed E-state index contributed by atoms with van der Waals surface area (Å²) in [4.78, 5) is 10.9. The van der Waals surface area contributed by atoms with Gasteiger partial charge in [-0.1, -0.05) is 17.7 Å². The van der Waals surface area contributed by atoms with E-state index in [0.717, 1.165) is 0 Å². The van der Waals surface area contributed by atoms with Crippen molar-refractivity contribution >= 4 is 39.0 Å². The van der Waals surface area contributed by atoms with Crippen molar-refractivity contribution in [1.29, 1.82) is 0 Å². The van der Waals surface area contributed by atoms with E-state index in [1.807, 2.05) is 0 Å². The fourth-order valence-electron chi connectivity index (χ4n) is 1.83. The summed E-state index contributed by atoms with van der Waals surface area (Å²) in [5, 5.41) is 2.86. The topological polar surface area (TPSA) is 98.5 Å². The SMILES string of the molecule is CC(=O)Nc1ccc(S(=O)(=O)Oc2cc(Cl)ccc2C)cc1N. The number of benzene rings is 2. The zero-order valence-corrected chi connectivity index (χ0v) is 14.0. The fourth-order valence-corrected chi connectivity index (χ4v) is 3.01. The van der Waals surface area contributed by atoms with E-state index >= 15 is 0 Å². The summed E-state index contributed by atoms with van der Waals surface area (Å²) in [6.45, 7) is 3.03. The minimum Gasteiger partial charge on any atom is -0.397 e. The molecule has 3 N–H and O–H groups in total. The van der Waals surface area contributed by atoms with Gasteiger partial charge in [-0.2, -0.15) is 8.42 Å². The van der Waals surface area contributed by atoms with Crippen LogP contribution in [0.5, 0.6) is 5.75 Å². The maximum absolute atomic E-state index is 12.3. The molecule has 0 aliphatic rings. The molecule has 0 spiro atoms. The molecule has 0 saturated heterocycles. The fraction of sp³-hybridized carbons (Fsp3) is 0.133. The monoisotopic (exact) mass is 354 g/mol. The van der Waals surface area contributed by atoms with E-state index in [1.54, 1.807) is 19.1 Å². The van der Waals surface area contributed by atoms with Gasteiger partial charge in [-0.3, -0.25) is 4.79 Å². The van der Waals surface area contributed by atoms with Crippen LogP contribution in [-0.2, 0) is 14.9 Å². The molecular weight excluding hydrogens is 340 g/mol. The molecule has 122 valence electrons. The summed E-state index contributed by atoms with van der Waals surface area (Å²) in [6.07, 6.45) is 0. The van der Waals surface area contributed by atoms with E-state index in [9.17, 15) is 13.2 Å². The molecule has 2 aromatic carbocycles. The van der Waals surface area contributed by atoms with Crippen LogP contribution in [0.3, 0.4) is 0 Å². The number of hydrogen-bond donors (Lipinski definition) is 2. The van der Waals surface area contributed by atoms with Gasteiger partial charge in [-0.25, -0.2) is 0 Å². The highest BCUT2D eigenvalue weighted by Crippen LogP contribution is 2.28. The number of aryl methyl sites for hydroxylation is 1. The first kappa shape index (κ1) is 17.1. The zero-order valence-electron chi connectivity index (χ0n) is 12.5. The normalized spacial score (nSPS) is 11.1. The molecule has 0 radical (unpaired) electrons. The quantitative estimate of drug-likeness (QED) is 0.649. The van der Waals surface area contributed by atoms with Crippen molar-refractivity contribution in [2.45, 2.75) is 18.7 Å². The van der Waals surface area contributed by atoms with Gasteiger partial charge in [0.2, 0.25) is 5.91 Å². The van der Waals surface area contributed by atoms with E-state index in [4.69, 9.17) is 21.5 Å². The molecule has 0 unspecified atom stereocenters. The first-order chi connectivity index (χ1) is 10.7. The van der Waals surface area contributed by atoms with Crippen molar-refractivity contribution in [3.05, 3.63) is 47.0 Å². The molecule has 8 heteroatoms. The van der Waals surface area contributed by atoms with Crippen molar-refractivity contribution in [1.82, 2.24) is 0 Å². The van der Waals surface area contributed by atoms with Gasteiger partial charge in [0.1, 0.15) is 10.6 Å². The van der Waals surface area contributed by atoms with Gasteiger partial charge in [-0.15, -0.1) is 0 Å². The molecule has 2 rings (SSSR count). The molecule has 1 amide bonds. The Labute approximate surface area is 139 Å². The van der Waals surface area contributed by atoms with Crippen molar-refractivity contribution in [2.24, 2.45) is 0 Å². The number of nitrogen functional groups attached to an aromatic ring is 1. The van der Waals surface area contributed by atoms with Crippen LogP contribution in [0, 0.1) is 6.92 Å². The number of halogens is 1. The number of anilines is 2. The van der Waals surface area contributed by atoms with Gasteiger partial charge >= 0.3 is 10.1 Å². The van der Waals surface area contributed by atoms with E-state index in [2.05, 4.69) is 5.32 Å². The zero-order chi connectivity index (χ0) is 17.2. The number of hydrogen-bond acceptors (Lipinski definition) is 5. The summed E-state index contributed by atoms with van der Waals surface area (Å²) < 4.78 is 29.8. The molecule has 0 aliphatic heterocycles. The minimum absolute atomic E-state index is 0.118. The van der Waals surface area contributed by atoms with Crippen LogP contribution in [0.25, 0.3) is 0 Å². The summed E-state index contributed by atoms with van der Waals surface area (Å²) in [5.41, 5.74) is 6.83. The number of nitrogens with two attached hydrogens (primary N) is 1. The Morgan fingerprint density at radius 1 is 1.22 bits per heavy atom. The number of nitrogens with one attached hydrogen (secondary N) is 1. The summed E-state index contributed by atoms with van der Waals surface area (Å²) in [7, 11) is -4.07. The third-order valence-corrected chi connectivity index (χ3v) is 4.44. The second kappa shape index (κ2) is 6.47. The Balaban J connectivity index is 2.34. The van der Waals surface area contributed by atoms with Gasteiger partial charge in [0.05, 0.1) is 11.4 Å². The number of carbonyl (C=O) groups excluding carboxylic acids is 1. The largest absolute Gasteiger partial charge is 0.397 e. The second-order valence-corrected chi connectivity index (χ2v) is 6.86. The molecule has 2 aromatic rings. The van der Waals surface area contributed by atoms with E-state index in [-0.39, 0.29) is 22.2 Å². The molecule has 0 atom stereocenters. The number of rotatable bonds is 4. The molecular formula is C15H15ClN2O4S. The Kier molecular flexibility index (Phi) is 4.82. The number of carbonyl (C=O) groups is 1. The lowest BCUT2D eigenvalue weighted by Crippen LogP contribution is -2.12. The highest BCUT2D eigenvalue weighted by molar-refractivity contribution is 7.87. The highest BCUT2D eigenvalue weighted by atomic mass is 35.5. The maximum atomic E-state index is 12.3. The van der Waals surface area contributed by atoms with Crippen LogP contribution in [0.1, 0.15) is 12.5 Å². The third kappa shape index (κ3) is 4.14. The highest BCUT2D eigenvalue weighted by Gasteiger charge is 2.19. The lowest BCUT2D eigenvalue weighted by atomic mass is 10.2. The van der Waals surface area contributed by atoms with E-state index in [0.29, 0.717) is 16.3 Å². The maximum Gasteiger partial charge on any atom is 0.339 e. The molecule has 0 bridgehead atoms. The molecule has 6 nitrogen and oxygen atoms in total. The lowest BCUT2D eigenvalue weighted by Gasteiger charge is -2.12. The van der Waals surface area contributed by atoms with Crippen LogP contribution < -0.4 is 15.2 Å². The lowest BCUT2D eigenvalue weighted by molar-refractivity contribution is -0.114. The Morgan fingerprint density at radius 3 is 2.52 bits per heavy atom. The summed E-state index contributed by atoms with van der Waals surface area (Å²) in [5.74, 6) is -0.167. The third-order valence-electron chi connectivity index (χ3n) is 2.97. The van der Waals surface area contributed by atoms with Crippen molar-refractivity contribution in [2.75, 3.05) is 11.1 Å². The van der Waals surface area contributed by atoms with Crippen molar-refractivity contribution in [3.8, 4) is 5.75 Å². The molecule has 23 heavy (non-hydrogen) atoms. The van der Waals surface area contributed by atoms with E-state index < -0.39 is 10.1 Å². The van der Waals surface area contributed by atoms with Crippen LogP contribution in [0.4, 0.5) is 11.4 Å². The molecule has 0 aliphatic carbocycles. The van der Waals surface area contributed by atoms with Gasteiger partial charge in [0, 0.05) is 18.0 Å². The van der Waals surface area contributed by atoms with Crippen LogP contribution in [0.2, 0.25) is 5.02 Å².